The first-order chi connectivity index (χ1) is 17.7. The Balaban J connectivity index is 1.24. The summed E-state index contributed by atoms with van der Waals surface area (Å²) >= 11 is 0. The fourth-order valence-electron chi connectivity index (χ4n) is 7.08. The molecule has 5 rings (SSSR count). The predicted molar refractivity (Wildman–Crippen MR) is 126 cm³/mol. The zero-order valence-electron chi connectivity index (χ0n) is 21.0. The Labute approximate surface area is 215 Å². The first kappa shape index (κ1) is 26.7. The molecule has 3 N–H and O–H groups in total. The SMILES string of the molecule is N#CC1CCCC(N2NC(C(F)(F)F)C=C2C(=O)NC2CCCC(C(O)C3CCCC4OCOC43)C2)C1. The molecule has 3 aliphatic carbocycles. The Morgan fingerprint density at radius 3 is 2.70 bits per heavy atom. The van der Waals surface area contributed by atoms with Crippen molar-refractivity contribution < 1.29 is 32.5 Å². The van der Waals surface area contributed by atoms with Crippen LogP contribution in [0.1, 0.15) is 70.6 Å². The first-order valence-corrected chi connectivity index (χ1v) is 13.7. The van der Waals surface area contributed by atoms with Gasteiger partial charge >= 0.3 is 6.18 Å². The summed E-state index contributed by atoms with van der Waals surface area (Å²) in [5, 5.41) is 24.9. The number of carbonyl (C=O) groups excluding carboxylic acids is 1. The molecule has 8 nitrogen and oxygen atoms in total. The van der Waals surface area contributed by atoms with Crippen LogP contribution in [-0.2, 0) is 14.3 Å². The fraction of sp³-hybridized carbons (Fsp3) is 0.846. The van der Waals surface area contributed by atoms with Gasteiger partial charge in [0.15, 0.2) is 0 Å². The molecule has 37 heavy (non-hydrogen) atoms. The lowest BCUT2D eigenvalue weighted by molar-refractivity contribution is -0.152. The molecule has 1 amide bonds. The van der Waals surface area contributed by atoms with Crippen molar-refractivity contribution in [2.45, 2.75) is 113 Å². The average molecular weight is 527 g/mol. The van der Waals surface area contributed by atoms with E-state index in [1.165, 1.54) is 5.01 Å². The van der Waals surface area contributed by atoms with Crippen molar-refractivity contribution >= 4 is 5.91 Å². The van der Waals surface area contributed by atoms with Crippen LogP contribution in [0.2, 0.25) is 0 Å². The van der Waals surface area contributed by atoms with Crippen LogP contribution in [0.4, 0.5) is 13.2 Å². The fourth-order valence-corrected chi connectivity index (χ4v) is 7.08. The molecular formula is C26H37F3N4O4. The first-order valence-electron chi connectivity index (χ1n) is 13.7. The molecule has 3 saturated carbocycles. The van der Waals surface area contributed by atoms with Crippen LogP contribution in [0.15, 0.2) is 11.8 Å². The van der Waals surface area contributed by atoms with Gasteiger partial charge in [-0.1, -0.05) is 19.3 Å². The largest absolute Gasteiger partial charge is 0.409 e. The lowest BCUT2D eigenvalue weighted by atomic mass is 9.72. The maximum absolute atomic E-state index is 13.6. The maximum atomic E-state index is 13.6. The third-order valence-electron chi connectivity index (χ3n) is 8.97. The molecular weight excluding hydrogens is 489 g/mol. The Kier molecular flexibility index (Phi) is 8.01. The number of rotatable bonds is 5. The number of nitrogens with one attached hydrogen (secondary N) is 2. The minimum atomic E-state index is -4.53. The Hall–Kier alpha value is -1.87. The number of ether oxygens (including phenoxy) is 2. The van der Waals surface area contributed by atoms with E-state index in [0.717, 1.165) is 51.0 Å². The van der Waals surface area contributed by atoms with Gasteiger partial charge in [0.05, 0.1) is 24.4 Å². The molecule has 1 saturated heterocycles. The summed E-state index contributed by atoms with van der Waals surface area (Å²) in [5.41, 5.74) is 2.46. The van der Waals surface area contributed by atoms with Gasteiger partial charge in [-0.25, -0.2) is 5.43 Å². The van der Waals surface area contributed by atoms with Crippen molar-refractivity contribution in [3.05, 3.63) is 11.8 Å². The highest BCUT2D eigenvalue weighted by Crippen LogP contribution is 2.40. The monoisotopic (exact) mass is 526 g/mol. The summed E-state index contributed by atoms with van der Waals surface area (Å²) in [6.07, 6.45) is 4.01. The van der Waals surface area contributed by atoms with Crippen LogP contribution in [0, 0.1) is 29.1 Å². The molecule has 0 aromatic rings. The van der Waals surface area contributed by atoms with Crippen molar-refractivity contribution in [3.8, 4) is 6.07 Å². The van der Waals surface area contributed by atoms with E-state index >= 15 is 0 Å². The van der Waals surface area contributed by atoms with Gasteiger partial charge in [0.25, 0.3) is 5.91 Å². The average Bonchev–Trinajstić information content (AvgIpc) is 3.56. The van der Waals surface area contributed by atoms with Gasteiger partial charge in [-0.05, 0) is 63.4 Å². The number of fused-ring (bicyclic) bond motifs is 1. The van der Waals surface area contributed by atoms with E-state index in [4.69, 9.17) is 9.47 Å². The lowest BCUT2D eigenvalue weighted by Crippen LogP contribution is -2.52. The lowest BCUT2D eigenvalue weighted by Gasteiger charge is -2.40. The Morgan fingerprint density at radius 2 is 1.92 bits per heavy atom. The van der Waals surface area contributed by atoms with Gasteiger partial charge in [0.2, 0.25) is 0 Å². The number of hydrogen-bond donors (Lipinski definition) is 3. The van der Waals surface area contributed by atoms with Gasteiger partial charge < -0.3 is 19.9 Å². The molecule has 0 spiro atoms. The van der Waals surface area contributed by atoms with Crippen molar-refractivity contribution in [1.82, 2.24) is 15.8 Å². The van der Waals surface area contributed by atoms with Crippen LogP contribution in [0.25, 0.3) is 0 Å². The summed E-state index contributed by atoms with van der Waals surface area (Å²) in [6, 6.07) is -0.293. The zero-order valence-corrected chi connectivity index (χ0v) is 21.0. The van der Waals surface area contributed by atoms with E-state index in [-0.39, 0.29) is 54.5 Å². The molecule has 0 bridgehead atoms. The van der Waals surface area contributed by atoms with Crippen LogP contribution >= 0.6 is 0 Å². The minimum Gasteiger partial charge on any atom is -0.392 e. The van der Waals surface area contributed by atoms with Crippen molar-refractivity contribution in [1.29, 1.82) is 5.26 Å². The minimum absolute atomic E-state index is 0.00939. The normalized spacial score (nSPS) is 39.4. The van der Waals surface area contributed by atoms with E-state index in [9.17, 15) is 28.3 Å². The number of nitriles is 1. The number of hydrogen-bond acceptors (Lipinski definition) is 7. The molecule has 11 heteroatoms. The van der Waals surface area contributed by atoms with E-state index in [2.05, 4.69) is 16.8 Å². The smallest absolute Gasteiger partial charge is 0.392 e. The molecule has 2 heterocycles. The van der Waals surface area contributed by atoms with Gasteiger partial charge in [0, 0.05) is 23.9 Å². The van der Waals surface area contributed by atoms with Crippen LogP contribution < -0.4 is 10.7 Å². The Bertz CT molecular complexity index is 909. The quantitative estimate of drug-likeness (QED) is 0.505. The zero-order chi connectivity index (χ0) is 26.2. The van der Waals surface area contributed by atoms with E-state index < -0.39 is 24.2 Å². The molecule has 0 radical (unpaired) electrons. The highest BCUT2D eigenvalue weighted by molar-refractivity contribution is 5.93. The summed E-state index contributed by atoms with van der Waals surface area (Å²) in [5.74, 6) is -0.797. The molecule has 0 aromatic carbocycles. The molecule has 9 atom stereocenters. The third kappa shape index (κ3) is 5.77. The topological polar surface area (TPSA) is 107 Å². The van der Waals surface area contributed by atoms with Crippen LogP contribution in [0.5, 0.6) is 0 Å². The van der Waals surface area contributed by atoms with Crippen molar-refractivity contribution in [3.63, 3.8) is 0 Å². The molecule has 4 fully saturated rings. The number of halogens is 3. The summed E-state index contributed by atoms with van der Waals surface area (Å²) in [7, 11) is 0. The van der Waals surface area contributed by atoms with E-state index in [1.807, 2.05) is 0 Å². The summed E-state index contributed by atoms with van der Waals surface area (Å²) < 4.78 is 52.2. The summed E-state index contributed by atoms with van der Waals surface area (Å²) in [6.45, 7) is 0.260. The number of amides is 1. The summed E-state index contributed by atoms with van der Waals surface area (Å²) in [4.78, 5) is 13.3. The molecule has 5 aliphatic rings. The van der Waals surface area contributed by atoms with Crippen molar-refractivity contribution in [2.75, 3.05) is 6.79 Å². The maximum Gasteiger partial charge on any atom is 0.409 e. The van der Waals surface area contributed by atoms with Gasteiger partial charge in [-0.3, -0.25) is 9.80 Å². The number of aliphatic hydroxyl groups excluding tert-OH is 1. The number of hydrazine groups is 1. The number of carbonyl (C=O) groups is 1. The predicted octanol–water partition coefficient (Wildman–Crippen LogP) is 3.28. The van der Waals surface area contributed by atoms with Crippen LogP contribution in [-0.4, -0.2) is 65.4 Å². The van der Waals surface area contributed by atoms with Gasteiger partial charge in [-0.2, -0.15) is 18.4 Å². The Morgan fingerprint density at radius 1 is 1.14 bits per heavy atom. The molecule has 206 valence electrons. The second kappa shape index (κ2) is 11.1. The number of alkyl halides is 3. The highest BCUT2D eigenvalue weighted by atomic mass is 19.4. The second-order valence-electron chi connectivity index (χ2n) is 11.4. The van der Waals surface area contributed by atoms with E-state index in [0.29, 0.717) is 25.7 Å². The standard InChI is InChI=1S/C26H37F3N4O4/c27-26(28,29)22-12-20(33(32-22)18-7-1-4-15(10-18)13-30)25(35)31-17-6-2-5-16(11-17)23(34)19-8-3-9-21-24(19)37-14-36-21/h12,15-19,21-24,32,34H,1-11,14H2,(H,31,35). The molecule has 2 aliphatic heterocycles. The van der Waals surface area contributed by atoms with Crippen molar-refractivity contribution in [2.24, 2.45) is 17.8 Å². The third-order valence-corrected chi connectivity index (χ3v) is 8.97. The van der Waals surface area contributed by atoms with Gasteiger partial charge in [-0.15, -0.1) is 0 Å². The van der Waals surface area contributed by atoms with Gasteiger partial charge in [0.1, 0.15) is 18.5 Å². The molecule has 9 unspecified atom stereocenters. The van der Waals surface area contributed by atoms with Crippen LogP contribution in [0.3, 0.4) is 0 Å². The molecule has 0 aromatic heterocycles. The second-order valence-corrected chi connectivity index (χ2v) is 11.4. The highest BCUT2D eigenvalue weighted by Gasteiger charge is 2.48. The number of aliphatic hydroxyl groups is 1. The van der Waals surface area contributed by atoms with E-state index in [1.54, 1.807) is 0 Å². The number of nitrogens with zero attached hydrogens (tertiary/aromatic N) is 2.